The standard InChI is InChI=1S/C4H8O.C2H3N.H3O4P.H2O/c1-2-4-5-3-1;1-2-3;1-5(2,3)4;/h1-4H2;1H3;(H3,1,2,3,4);1H2. The van der Waals surface area contributed by atoms with Crippen LogP contribution in [0.3, 0.4) is 0 Å². The van der Waals surface area contributed by atoms with Crippen LogP contribution in [0.1, 0.15) is 19.8 Å². The molecule has 1 rings (SSSR count). The summed E-state index contributed by atoms with van der Waals surface area (Å²) in [6, 6.07) is 1.75. The molecule has 5 N–H and O–H groups in total. The Bertz CT molecular complexity index is 165. The molecule has 1 aliphatic rings. The number of nitriles is 1. The van der Waals surface area contributed by atoms with Crippen LogP contribution in [0.4, 0.5) is 0 Å². The van der Waals surface area contributed by atoms with E-state index in [1.54, 1.807) is 6.07 Å². The third kappa shape index (κ3) is 62.4. The van der Waals surface area contributed by atoms with Gasteiger partial charge >= 0.3 is 7.82 Å². The summed E-state index contributed by atoms with van der Waals surface area (Å²) < 4.78 is 13.8. The lowest BCUT2D eigenvalue weighted by Gasteiger charge is -1.82. The molecule has 14 heavy (non-hydrogen) atoms. The first-order valence-corrected chi connectivity index (χ1v) is 5.15. The van der Waals surface area contributed by atoms with Gasteiger partial charge in [0.25, 0.3) is 0 Å². The molecular formula is C6H16NO6P. The van der Waals surface area contributed by atoms with Crippen molar-refractivity contribution in [3.05, 3.63) is 0 Å². The minimum Gasteiger partial charge on any atom is -0.412 e. The predicted molar refractivity (Wildman–Crippen MR) is 49.2 cm³/mol. The van der Waals surface area contributed by atoms with E-state index in [0.29, 0.717) is 0 Å². The van der Waals surface area contributed by atoms with Gasteiger partial charge in [0.2, 0.25) is 0 Å². The van der Waals surface area contributed by atoms with Crippen molar-refractivity contribution in [1.82, 2.24) is 0 Å². The molecule has 0 unspecified atom stereocenters. The Hall–Kier alpha value is -0.480. The zero-order valence-corrected chi connectivity index (χ0v) is 8.78. The molecule has 0 aromatic carbocycles. The van der Waals surface area contributed by atoms with Crippen LogP contribution >= 0.6 is 7.82 Å². The van der Waals surface area contributed by atoms with Gasteiger partial charge < -0.3 is 24.9 Å². The molecule has 1 heterocycles. The lowest BCUT2D eigenvalue weighted by Crippen LogP contribution is -1.74. The van der Waals surface area contributed by atoms with Crippen molar-refractivity contribution in [3.63, 3.8) is 0 Å². The van der Waals surface area contributed by atoms with E-state index in [1.165, 1.54) is 19.8 Å². The monoisotopic (exact) mass is 229 g/mol. The minimum absolute atomic E-state index is 0. The average molecular weight is 229 g/mol. The van der Waals surface area contributed by atoms with E-state index < -0.39 is 7.82 Å². The van der Waals surface area contributed by atoms with Crippen LogP contribution in [0.15, 0.2) is 0 Å². The fraction of sp³-hybridized carbons (Fsp3) is 0.833. The summed E-state index contributed by atoms with van der Waals surface area (Å²) in [4.78, 5) is 21.6. The van der Waals surface area contributed by atoms with Crippen molar-refractivity contribution >= 4 is 7.82 Å². The van der Waals surface area contributed by atoms with E-state index in [1.807, 2.05) is 0 Å². The molecule has 0 saturated carbocycles. The second kappa shape index (κ2) is 12.5. The van der Waals surface area contributed by atoms with Crippen molar-refractivity contribution < 1.29 is 29.5 Å². The normalized spacial score (nSPS) is 13.4. The molecule has 0 atom stereocenters. The largest absolute Gasteiger partial charge is 0.466 e. The van der Waals surface area contributed by atoms with Gasteiger partial charge in [-0.3, -0.25) is 0 Å². The van der Waals surface area contributed by atoms with Gasteiger partial charge in [0, 0.05) is 20.1 Å². The molecule has 0 spiro atoms. The van der Waals surface area contributed by atoms with Crippen molar-refractivity contribution in [1.29, 1.82) is 5.26 Å². The molecule has 1 saturated heterocycles. The topological polar surface area (TPSA) is 142 Å². The van der Waals surface area contributed by atoms with Gasteiger partial charge in [-0.2, -0.15) is 5.26 Å². The van der Waals surface area contributed by atoms with Crippen LogP contribution < -0.4 is 0 Å². The van der Waals surface area contributed by atoms with E-state index in [-0.39, 0.29) is 5.48 Å². The molecule has 0 bridgehead atoms. The second-order valence-electron chi connectivity index (χ2n) is 2.06. The molecule has 0 aromatic heterocycles. The van der Waals surface area contributed by atoms with Crippen LogP contribution in [-0.4, -0.2) is 33.4 Å². The highest BCUT2D eigenvalue weighted by atomic mass is 31.2. The zero-order chi connectivity index (χ0) is 10.7. The SMILES string of the molecule is C1CCOC1.CC#N.O.O=P(O)(O)O. The van der Waals surface area contributed by atoms with Gasteiger partial charge in [0.15, 0.2) is 0 Å². The Kier molecular flexibility index (Phi) is 17.1. The van der Waals surface area contributed by atoms with E-state index in [4.69, 9.17) is 29.2 Å². The number of ether oxygens (including phenoxy) is 1. The highest BCUT2D eigenvalue weighted by molar-refractivity contribution is 7.45. The van der Waals surface area contributed by atoms with Gasteiger partial charge in [-0.05, 0) is 12.8 Å². The number of hydrogen-bond donors (Lipinski definition) is 3. The Morgan fingerprint density at radius 3 is 1.57 bits per heavy atom. The lowest BCUT2D eigenvalue weighted by molar-refractivity contribution is 0.198. The first-order chi connectivity index (χ1) is 5.91. The van der Waals surface area contributed by atoms with E-state index in [9.17, 15) is 0 Å². The highest BCUT2D eigenvalue weighted by Crippen LogP contribution is 2.25. The summed E-state index contributed by atoms with van der Waals surface area (Å²) in [6.45, 7) is 3.43. The van der Waals surface area contributed by atoms with Crippen LogP contribution in [0.5, 0.6) is 0 Å². The van der Waals surface area contributed by atoms with E-state index in [2.05, 4.69) is 0 Å². The summed E-state index contributed by atoms with van der Waals surface area (Å²) in [5.41, 5.74) is 0. The third-order valence-electron chi connectivity index (χ3n) is 0.827. The van der Waals surface area contributed by atoms with Gasteiger partial charge in [-0.25, -0.2) is 4.57 Å². The molecule has 7 nitrogen and oxygen atoms in total. The number of phosphoric acid groups is 1. The summed E-state index contributed by atoms with van der Waals surface area (Å²) in [5, 5.41) is 7.32. The van der Waals surface area contributed by atoms with Crippen molar-refractivity contribution in [2.75, 3.05) is 13.2 Å². The quantitative estimate of drug-likeness (QED) is 0.481. The molecule has 0 aliphatic carbocycles. The van der Waals surface area contributed by atoms with E-state index in [0.717, 1.165) is 13.2 Å². The molecule has 0 amide bonds. The number of rotatable bonds is 0. The summed E-state index contributed by atoms with van der Waals surface area (Å²) >= 11 is 0. The smallest absolute Gasteiger partial charge is 0.412 e. The first kappa shape index (κ1) is 19.1. The van der Waals surface area contributed by atoms with E-state index >= 15 is 0 Å². The molecule has 0 radical (unpaired) electrons. The van der Waals surface area contributed by atoms with Gasteiger partial charge in [-0.15, -0.1) is 0 Å². The number of hydrogen-bond acceptors (Lipinski definition) is 3. The summed E-state index contributed by atoms with van der Waals surface area (Å²) in [5.74, 6) is 0. The van der Waals surface area contributed by atoms with Crippen LogP contribution in [0, 0.1) is 11.3 Å². The molecule has 1 fully saturated rings. The zero-order valence-electron chi connectivity index (χ0n) is 7.88. The maximum atomic E-state index is 8.88. The van der Waals surface area contributed by atoms with Crippen LogP contribution in [0.2, 0.25) is 0 Å². The lowest BCUT2D eigenvalue weighted by atomic mass is 10.4. The Morgan fingerprint density at radius 1 is 1.29 bits per heavy atom. The molecule has 8 heteroatoms. The maximum absolute atomic E-state index is 8.88. The Balaban J connectivity index is -0.000000130. The molecule has 0 aromatic rings. The predicted octanol–water partition coefficient (Wildman–Crippen LogP) is -0.427. The fourth-order valence-electron chi connectivity index (χ4n) is 0.510. The van der Waals surface area contributed by atoms with Crippen LogP contribution in [0.25, 0.3) is 0 Å². The average Bonchev–Trinajstić information content (AvgIpc) is 2.36. The van der Waals surface area contributed by atoms with Crippen LogP contribution in [-0.2, 0) is 9.30 Å². The van der Waals surface area contributed by atoms with Gasteiger partial charge in [0.05, 0.1) is 6.07 Å². The van der Waals surface area contributed by atoms with Crippen molar-refractivity contribution in [3.8, 4) is 6.07 Å². The minimum atomic E-state index is -4.64. The maximum Gasteiger partial charge on any atom is 0.466 e. The van der Waals surface area contributed by atoms with Gasteiger partial charge in [-0.1, -0.05) is 0 Å². The second-order valence-corrected chi connectivity index (χ2v) is 3.08. The summed E-state index contributed by atoms with van der Waals surface area (Å²) in [6.07, 6.45) is 2.56. The molecule has 86 valence electrons. The highest BCUT2D eigenvalue weighted by Gasteiger charge is 2.00. The first-order valence-electron chi connectivity index (χ1n) is 3.58. The fourth-order valence-corrected chi connectivity index (χ4v) is 0.510. The summed E-state index contributed by atoms with van der Waals surface area (Å²) in [7, 11) is -4.64. The van der Waals surface area contributed by atoms with Crippen molar-refractivity contribution in [2.24, 2.45) is 0 Å². The Morgan fingerprint density at radius 2 is 1.50 bits per heavy atom. The third-order valence-corrected chi connectivity index (χ3v) is 0.827. The van der Waals surface area contributed by atoms with Crippen molar-refractivity contribution in [2.45, 2.75) is 19.8 Å². The number of nitrogens with zero attached hydrogens (tertiary/aromatic N) is 1. The van der Waals surface area contributed by atoms with Gasteiger partial charge in [0.1, 0.15) is 0 Å². The molecule has 1 aliphatic heterocycles. The Labute approximate surface area is 82.5 Å². The molecular weight excluding hydrogens is 213 g/mol.